The molecule has 3 N–H and O–H groups in total. The van der Waals surface area contributed by atoms with Crippen LogP contribution in [0.15, 0.2) is 11.1 Å². The molecule has 0 saturated heterocycles. The van der Waals surface area contributed by atoms with Gasteiger partial charge in [-0.15, -0.1) is 0 Å². The lowest BCUT2D eigenvalue weighted by Gasteiger charge is -2.16. The molecule has 0 bridgehead atoms. The SMILES string of the molecule is CCC(CC1CC1)NS(=O)(=O)c1cn(C)nc1N. The summed E-state index contributed by atoms with van der Waals surface area (Å²) in [4.78, 5) is 0.0687. The van der Waals surface area contributed by atoms with E-state index in [9.17, 15) is 8.42 Å². The molecule has 1 atom stereocenters. The van der Waals surface area contributed by atoms with Crippen molar-refractivity contribution in [1.29, 1.82) is 0 Å². The number of rotatable bonds is 6. The lowest BCUT2D eigenvalue weighted by atomic mass is 10.1. The molecule has 6 nitrogen and oxygen atoms in total. The van der Waals surface area contributed by atoms with Crippen LogP contribution < -0.4 is 10.5 Å². The fraction of sp³-hybridized carbons (Fsp3) is 0.727. The van der Waals surface area contributed by atoms with Gasteiger partial charge < -0.3 is 5.73 Å². The summed E-state index contributed by atoms with van der Waals surface area (Å²) in [5.41, 5.74) is 5.61. The highest BCUT2D eigenvalue weighted by molar-refractivity contribution is 7.89. The van der Waals surface area contributed by atoms with E-state index in [0.29, 0.717) is 5.92 Å². The van der Waals surface area contributed by atoms with Gasteiger partial charge in [0.25, 0.3) is 0 Å². The molecule has 1 aliphatic carbocycles. The first-order chi connectivity index (χ1) is 8.42. The topological polar surface area (TPSA) is 90.0 Å². The van der Waals surface area contributed by atoms with Crippen LogP contribution in [0.3, 0.4) is 0 Å². The molecule has 1 aliphatic rings. The Kier molecular flexibility index (Phi) is 3.63. The van der Waals surface area contributed by atoms with Gasteiger partial charge in [-0.05, 0) is 18.8 Å². The first-order valence-electron chi connectivity index (χ1n) is 6.23. The molecule has 1 aromatic heterocycles. The Morgan fingerprint density at radius 3 is 2.72 bits per heavy atom. The van der Waals surface area contributed by atoms with Gasteiger partial charge in [-0.1, -0.05) is 19.8 Å². The highest BCUT2D eigenvalue weighted by atomic mass is 32.2. The van der Waals surface area contributed by atoms with Crippen LogP contribution in [0.4, 0.5) is 5.82 Å². The molecule has 0 amide bonds. The van der Waals surface area contributed by atoms with Crippen molar-refractivity contribution in [2.75, 3.05) is 5.73 Å². The number of anilines is 1. The molecule has 1 aromatic rings. The average molecular weight is 272 g/mol. The maximum Gasteiger partial charge on any atom is 0.246 e. The molecule has 102 valence electrons. The van der Waals surface area contributed by atoms with Crippen molar-refractivity contribution in [2.24, 2.45) is 13.0 Å². The molecule has 1 heterocycles. The third kappa shape index (κ3) is 3.02. The van der Waals surface area contributed by atoms with Gasteiger partial charge in [-0.2, -0.15) is 5.10 Å². The van der Waals surface area contributed by atoms with Crippen molar-refractivity contribution in [2.45, 2.75) is 43.5 Å². The number of aryl methyl sites for hydroxylation is 1. The zero-order chi connectivity index (χ0) is 13.3. The second-order valence-electron chi connectivity index (χ2n) is 4.96. The van der Waals surface area contributed by atoms with Crippen molar-refractivity contribution < 1.29 is 8.42 Å². The number of nitrogens with zero attached hydrogens (tertiary/aromatic N) is 2. The van der Waals surface area contributed by atoms with Crippen LogP contribution in [-0.2, 0) is 17.1 Å². The minimum atomic E-state index is -3.56. The Hall–Kier alpha value is -1.08. The van der Waals surface area contributed by atoms with E-state index in [1.165, 1.54) is 23.7 Å². The van der Waals surface area contributed by atoms with Gasteiger partial charge in [-0.3, -0.25) is 4.68 Å². The van der Waals surface area contributed by atoms with Gasteiger partial charge in [0.05, 0.1) is 0 Å². The first kappa shape index (κ1) is 13.4. The number of hydrogen-bond donors (Lipinski definition) is 2. The van der Waals surface area contributed by atoms with Crippen LogP contribution in [0.5, 0.6) is 0 Å². The van der Waals surface area contributed by atoms with Crippen LogP contribution in [-0.4, -0.2) is 24.2 Å². The minimum Gasteiger partial charge on any atom is -0.381 e. The molecule has 2 rings (SSSR count). The zero-order valence-electron chi connectivity index (χ0n) is 10.8. The summed E-state index contributed by atoms with van der Waals surface area (Å²) in [5, 5.41) is 3.86. The van der Waals surface area contributed by atoms with Crippen LogP contribution in [0.2, 0.25) is 0 Å². The number of hydrogen-bond acceptors (Lipinski definition) is 4. The molecule has 18 heavy (non-hydrogen) atoms. The Balaban J connectivity index is 2.12. The van der Waals surface area contributed by atoms with Crippen LogP contribution in [0.1, 0.15) is 32.6 Å². The third-order valence-electron chi connectivity index (χ3n) is 3.24. The molecule has 0 radical (unpaired) electrons. The summed E-state index contributed by atoms with van der Waals surface area (Å²) in [5.74, 6) is 0.732. The van der Waals surface area contributed by atoms with E-state index >= 15 is 0 Å². The minimum absolute atomic E-state index is 0.0119. The maximum atomic E-state index is 12.2. The molecule has 1 saturated carbocycles. The normalized spacial score (nSPS) is 17.9. The molecule has 0 aromatic carbocycles. The van der Waals surface area contributed by atoms with Crippen molar-refractivity contribution in [3.05, 3.63) is 6.20 Å². The third-order valence-corrected chi connectivity index (χ3v) is 4.78. The summed E-state index contributed by atoms with van der Waals surface area (Å²) in [6.07, 6.45) is 5.56. The van der Waals surface area contributed by atoms with Crippen molar-refractivity contribution in [3.8, 4) is 0 Å². The van der Waals surface area contributed by atoms with Gasteiger partial charge in [0, 0.05) is 19.3 Å². The summed E-state index contributed by atoms with van der Waals surface area (Å²) in [6, 6.07) is -0.0119. The summed E-state index contributed by atoms with van der Waals surface area (Å²) in [6.45, 7) is 1.99. The van der Waals surface area contributed by atoms with E-state index < -0.39 is 10.0 Å². The largest absolute Gasteiger partial charge is 0.381 e. The number of sulfonamides is 1. The average Bonchev–Trinajstić information content (AvgIpc) is 3.01. The monoisotopic (exact) mass is 272 g/mol. The van der Waals surface area contributed by atoms with E-state index in [2.05, 4.69) is 9.82 Å². The van der Waals surface area contributed by atoms with E-state index in [4.69, 9.17) is 5.73 Å². The van der Waals surface area contributed by atoms with Crippen LogP contribution in [0, 0.1) is 5.92 Å². The summed E-state index contributed by atoms with van der Waals surface area (Å²) >= 11 is 0. The van der Waals surface area contributed by atoms with Crippen LogP contribution in [0.25, 0.3) is 0 Å². The highest BCUT2D eigenvalue weighted by Crippen LogP contribution is 2.34. The van der Waals surface area contributed by atoms with E-state index in [1.807, 2.05) is 6.92 Å². The van der Waals surface area contributed by atoms with Crippen molar-refractivity contribution in [1.82, 2.24) is 14.5 Å². The molecule has 1 fully saturated rings. The van der Waals surface area contributed by atoms with E-state index in [-0.39, 0.29) is 16.8 Å². The predicted molar refractivity (Wildman–Crippen MR) is 69.4 cm³/mol. The zero-order valence-corrected chi connectivity index (χ0v) is 11.6. The summed E-state index contributed by atoms with van der Waals surface area (Å²) < 4.78 is 28.5. The molecular formula is C11H20N4O2S. The standard InChI is InChI=1S/C11H20N4O2S/c1-3-9(6-8-4-5-8)14-18(16,17)10-7-15(2)13-11(10)12/h7-9,14H,3-6H2,1-2H3,(H2,12,13). The van der Waals surface area contributed by atoms with Gasteiger partial charge in [0.1, 0.15) is 4.90 Å². The molecular weight excluding hydrogens is 252 g/mol. The number of nitrogens with two attached hydrogens (primary N) is 1. The Bertz CT molecular complexity index is 519. The molecule has 0 spiro atoms. The summed E-state index contributed by atoms with van der Waals surface area (Å²) in [7, 11) is -1.91. The lowest BCUT2D eigenvalue weighted by Crippen LogP contribution is -2.34. The van der Waals surface area contributed by atoms with E-state index in [1.54, 1.807) is 7.05 Å². The molecule has 7 heteroatoms. The van der Waals surface area contributed by atoms with Crippen molar-refractivity contribution in [3.63, 3.8) is 0 Å². The Morgan fingerprint density at radius 2 is 2.28 bits per heavy atom. The van der Waals surface area contributed by atoms with Crippen molar-refractivity contribution >= 4 is 15.8 Å². The van der Waals surface area contributed by atoms with Gasteiger partial charge in [0.2, 0.25) is 10.0 Å². The fourth-order valence-corrected chi connectivity index (χ4v) is 3.46. The predicted octanol–water partition coefficient (Wildman–Crippen LogP) is 0.859. The molecule has 1 unspecified atom stereocenters. The Labute approximate surface area is 108 Å². The second kappa shape index (κ2) is 4.89. The fourth-order valence-electron chi connectivity index (χ4n) is 2.03. The van der Waals surface area contributed by atoms with Gasteiger partial charge >= 0.3 is 0 Å². The van der Waals surface area contributed by atoms with Crippen LogP contribution >= 0.6 is 0 Å². The highest BCUT2D eigenvalue weighted by Gasteiger charge is 2.29. The number of aromatic nitrogens is 2. The lowest BCUT2D eigenvalue weighted by molar-refractivity contribution is 0.495. The molecule has 0 aliphatic heterocycles. The quantitative estimate of drug-likeness (QED) is 0.803. The number of nitrogen functional groups attached to an aromatic ring is 1. The first-order valence-corrected chi connectivity index (χ1v) is 7.72. The van der Waals surface area contributed by atoms with E-state index in [0.717, 1.165) is 12.8 Å². The number of nitrogens with one attached hydrogen (secondary N) is 1. The maximum absolute atomic E-state index is 12.2. The second-order valence-corrected chi connectivity index (χ2v) is 6.64. The Morgan fingerprint density at radius 1 is 1.61 bits per heavy atom. The van der Waals surface area contributed by atoms with Gasteiger partial charge in [0.15, 0.2) is 5.82 Å². The van der Waals surface area contributed by atoms with Gasteiger partial charge in [-0.25, -0.2) is 13.1 Å². The smallest absolute Gasteiger partial charge is 0.246 e.